The standard InChI is InChI=1S/C12H14N2OS/c1-4-11-10(6-14(3)13-11)12(15)9-5-8(2)16-7-9/h5-7H,4H2,1-3H3. The van der Waals surface area contributed by atoms with Crippen LogP contribution in [0.3, 0.4) is 0 Å². The fraction of sp³-hybridized carbons (Fsp3) is 0.333. The highest BCUT2D eigenvalue weighted by atomic mass is 32.1. The van der Waals surface area contributed by atoms with Crippen LogP contribution in [0.2, 0.25) is 0 Å². The molecule has 0 aliphatic heterocycles. The van der Waals surface area contributed by atoms with Crippen LogP contribution in [-0.4, -0.2) is 15.6 Å². The third kappa shape index (κ3) is 1.93. The van der Waals surface area contributed by atoms with E-state index in [4.69, 9.17) is 0 Å². The molecular formula is C12H14N2OS. The minimum atomic E-state index is 0.0781. The Morgan fingerprint density at radius 2 is 2.31 bits per heavy atom. The van der Waals surface area contributed by atoms with E-state index in [1.807, 2.05) is 32.3 Å². The summed E-state index contributed by atoms with van der Waals surface area (Å²) < 4.78 is 1.70. The number of hydrogen-bond donors (Lipinski definition) is 0. The van der Waals surface area contributed by atoms with Crippen molar-refractivity contribution in [1.82, 2.24) is 9.78 Å². The van der Waals surface area contributed by atoms with Gasteiger partial charge in [0.05, 0.1) is 11.3 Å². The predicted molar refractivity (Wildman–Crippen MR) is 65.1 cm³/mol. The second-order valence-corrected chi connectivity index (χ2v) is 4.91. The van der Waals surface area contributed by atoms with Crippen LogP contribution in [0.4, 0.5) is 0 Å². The van der Waals surface area contributed by atoms with Crippen molar-refractivity contribution in [2.75, 3.05) is 0 Å². The van der Waals surface area contributed by atoms with Crippen molar-refractivity contribution in [3.05, 3.63) is 39.3 Å². The third-order valence-electron chi connectivity index (χ3n) is 2.48. The lowest BCUT2D eigenvalue weighted by molar-refractivity contribution is 0.103. The van der Waals surface area contributed by atoms with E-state index in [0.29, 0.717) is 0 Å². The first-order chi connectivity index (χ1) is 7.61. The third-order valence-corrected chi connectivity index (χ3v) is 3.34. The molecule has 0 aliphatic carbocycles. The minimum absolute atomic E-state index is 0.0781. The number of hydrogen-bond acceptors (Lipinski definition) is 3. The maximum atomic E-state index is 12.2. The molecule has 2 heterocycles. The fourth-order valence-corrected chi connectivity index (χ4v) is 2.39. The predicted octanol–water partition coefficient (Wildman–Crippen LogP) is 2.58. The lowest BCUT2D eigenvalue weighted by Crippen LogP contribution is -2.01. The number of rotatable bonds is 3. The first kappa shape index (κ1) is 11.1. The zero-order valence-corrected chi connectivity index (χ0v) is 10.5. The molecule has 3 nitrogen and oxygen atoms in total. The van der Waals surface area contributed by atoms with E-state index in [-0.39, 0.29) is 5.78 Å². The van der Waals surface area contributed by atoms with Gasteiger partial charge in [0.2, 0.25) is 0 Å². The van der Waals surface area contributed by atoms with E-state index >= 15 is 0 Å². The van der Waals surface area contributed by atoms with Crippen molar-refractivity contribution in [3.8, 4) is 0 Å². The van der Waals surface area contributed by atoms with Crippen molar-refractivity contribution < 1.29 is 4.79 Å². The zero-order valence-electron chi connectivity index (χ0n) is 9.65. The molecule has 0 saturated heterocycles. The van der Waals surface area contributed by atoms with Crippen LogP contribution < -0.4 is 0 Å². The summed E-state index contributed by atoms with van der Waals surface area (Å²) in [5, 5.41) is 6.19. The molecule has 2 aromatic heterocycles. The number of nitrogens with zero attached hydrogens (tertiary/aromatic N) is 2. The molecule has 0 amide bonds. The van der Waals surface area contributed by atoms with Gasteiger partial charge in [-0.15, -0.1) is 11.3 Å². The lowest BCUT2D eigenvalue weighted by atomic mass is 10.1. The van der Waals surface area contributed by atoms with Gasteiger partial charge in [-0.25, -0.2) is 0 Å². The molecule has 0 unspecified atom stereocenters. The molecule has 4 heteroatoms. The molecule has 2 rings (SSSR count). The second kappa shape index (κ2) is 4.22. The highest BCUT2D eigenvalue weighted by Crippen LogP contribution is 2.19. The van der Waals surface area contributed by atoms with Crippen molar-refractivity contribution >= 4 is 17.1 Å². The molecule has 16 heavy (non-hydrogen) atoms. The van der Waals surface area contributed by atoms with E-state index in [0.717, 1.165) is 28.1 Å². The van der Waals surface area contributed by atoms with E-state index in [1.54, 1.807) is 22.2 Å². The number of aryl methyl sites for hydroxylation is 3. The molecule has 0 aliphatic rings. The highest BCUT2D eigenvalue weighted by Gasteiger charge is 2.16. The Balaban J connectivity index is 2.40. The molecule has 84 valence electrons. The van der Waals surface area contributed by atoms with Crippen LogP contribution in [-0.2, 0) is 13.5 Å². The smallest absolute Gasteiger partial charge is 0.197 e. The summed E-state index contributed by atoms with van der Waals surface area (Å²) in [6.45, 7) is 4.02. The molecule has 0 atom stereocenters. The first-order valence-electron chi connectivity index (χ1n) is 5.24. The van der Waals surface area contributed by atoms with Crippen LogP contribution in [0.1, 0.15) is 33.4 Å². The monoisotopic (exact) mass is 234 g/mol. The largest absolute Gasteiger partial charge is 0.288 e. The van der Waals surface area contributed by atoms with Crippen LogP contribution in [0.5, 0.6) is 0 Å². The van der Waals surface area contributed by atoms with Crippen LogP contribution in [0.25, 0.3) is 0 Å². The maximum absolute atomic E-state index is 12.2. The Labute approximate surface area is 98.7 Å². The Hall–Kier alpha value is -1.42. The molecule has 0 N–H and O–H groups in total. The van der Waals surface area contributed by atoms with Gasteiger partial charge in [0, 0.05) is 29.1 Å². The SMILES string of the molecule is CCc1nn(C)cc1C(=O)c1csc(C)c1. The molecule has 0 spiro atoms. The molecule has 0 saturated carbocycles. The zero-order chi connectivity index (χ0) is 11.7. The van der Waals surface area contributed by atoms with E-state index in [9.17, 15) is 4.79 Å². The Kier molecular flexibility index (Phi) is 2.92. The average molecular weight is 234 g/mol. The minimum Gasteiger partial charge on any atom is -0.288 e. The van der Waals surface area contributed by atoms with Crippen molar-refractivity contribution in [2.45, 2.75) is 20.3 Å². The number of carbonyl (C=O) groups is 1. The van der Waals surface area contributed by atoms with Gasteiger partial charge < -0.3 is 0 Å². The van der Waals surface area contributed by atoms with Crippen LogP contribution in [0.15, 0.2) is 17.6 Å². The second-order valence-electron chi connectivity index (χ2n) is 3.79. The number of ketones is 1. The normalized spacial score (nSPS) is 10.7. The number of thiophene rings is 1. The Morgan fingerprint density at radius 1 is 1.56 bits per heavy atom. The molecule has 2 aromatic rings. The Bertz CT molecular complexity index is 525. The van der Waals surface area contributed by atoms with Gasteiger partial charge in [-0.2, -0.15) is 5.10 Å². The van der Waals surface area contributed by atoms with Gasteiger partial charge >= 0.3 is 0 Å². The summed E-state index contributed by atoms with van der Waals surface area (Å²) in [6, 6.07) is 1.93. The Morgan fingerprint density at radius 3 is 2.88 bits per heavy atom. The number of carbonyl (C=O) groups excluding carboxylic acids is 1. The first-order valence-corrected chi connectivity index (χ1v) is 6.12. The summed E-state index contributed by atoms with van der Waals surface area (Å²) in [7, 11) is 1.84. The fourth-order valence-electron chi connectivity index (χ4n) is 1.70. The van der Waals surface area contributed by atoms with Gasteiger partial charge in [-0.05, 0) is 19.4 Å². The summed E-state index contributed by atoms with van der Waals surface area (Å²) >= 11 is 1.60. The average Bonchev–Trinajstić information content (AvgIpc) is 2.83. The van der Waals surface area contributed by atoms with Gasteiger partial charge in [0.1, 0.15) is 0 Å². The molecule has 0 aromatic carbocycles. The van der Waals surface area contributed by atoms with Crippen molar-refractivity contribution in [3.63, 3.8) is 0 Å². The molecule has 0 bridgehead atoms. The topological polar surface area (TPSA) is 34.9 Å². The summed E-state index contributed by atoms with van der Waals surface area (Å²) in [6.07, 6.45) is 2.58. The highest BCUT2D eigenvalue weighted by molar-refractivity contribution is 7.10. The van der Waals surface area contributed by atoms with Crippen molar-refractivity contribution in [1.29, 1.82) is 0 Å². The van der Waals surface area contributed by atoms with E-state index in [1.165, 1.54) is 0 Å². The van der Waals surface area contributed by atoms with E-state index < -0.39 is 0 Å². The molecular weight excluding hydrogens is 220 g/mol. The van der Waals surface area contributed by atoms with Crippen LogP contribution >= 0.6 is 11.3 Å². The number of aromatic nitrogens is 2. The van der Waals surface area contributed by atoms with Gasteiger partial charge in [-0.3, -0.25) is 9.48 Å². The van der Waals surface area contributed by atoms with Gasteiger partial charge in [0.15, 0.2) is 5.78 Å². The van der Waals surface area contributed by atoms with Gasteiger partial charge in [-0.1, -0.05) is 6.92 Å². The van der Waals surface area contributed by atoms with E-state index in [2.05, 4.69) is 5.10 Å². The summed E-state index contributed by atoms with van der Waals surface area (Å²) in [5.74, 6) is 0.0781. The van der Waals surface area contributed by atoms with Crippen LogP contribution in [0, 0.1) is 6.92 Å². The molecule has 0 radical (unpaired) electrons. The quantitative estimate of drug-likeness (QED) is 0.765. The summed E-state index contributed by atoms with van der Waals surface area (Å²) in [5.41, 5.74) is 2.37. The summed E-state index contributed by atoms with van der Waals surface area (Å²) in [4.78, 5) is 13.4. The maximum Gasteiger partial charge on any atom is 0.197 e. The van der Waals surface area contributed by atoms with Gasteiger partial charge in [0.25, 0.3) is 0 Å². The molecule has 0 fully saturated rings. The van der Waals surface area contributed by atoms with Crippen molar-refractivity contribution in [2.24, 2.45) is 7.05 Å². The lowest BCUT2D eigenvalue weighted by Gasteiger charge is -1.96.